The summed E-state index contributed by atoms with van der Waals surface area (Å²) in [5.41, 5.74) is 1.02. The van der Waals surface area contributed by atoms with E-state index < -0.39 is 11.7 Å². The van der Waals surface area contributed by atoms with Crippen LogP contribution in [-0.4, -0.2) is 5.91 Å². The van der Waals surface area contributed by atoms with Crippen LogP contribution in [0.4, 0.5) is 4.39 Å². The Bertz CT molecular complexity index is 812. The van der Waals surface area contributed by atoms with Gasteiger partial charge in [0.15, 0.2) is 0 Å². The first-order valence-electron chi connectivity index (χ1n) is 7.01. The number of rotatable bonds is 4. The molecular formula is C18H13ClFNOS. The minimum Gasteiger partial charge on any atom is -0.347 e. The van der Waals surface area contributed by atoms with E-state index in [0.29, 0.717) is 6.54 Å². The van der Waals surface area contributed by atoms with Crippen LogP contribution < -0.4 is 5.32 Å². The molecule has 0 atom stereocenters. The Morgan fingerprint density at radius 1 is 1.04 bits per heavy atom. The van der Waals surface area contributed by atoms with E-state index in [2.05, 4.69) is 5.32 Å². The number of carbonyl (C=O) groups is 1. The summed E-state index contributed by atoms with van der Waals surface area (Å²) < 4.78 is 13.7. The number of hydrogen-bond donors (Lipinski definition) is 1. The molecule has 2 aromatic carbocycles. The molecule has 0 unspecified atom stereocenters. The first-order chi connectivity index (χ1) is 11.1. The molecule has 0 saturated carbocycles. The molecule has 0 aliphatic carbocycles. The lowest BCUT2D eigenvalue weighted by molar-refractivity contribution is 0.0947. The lowest BCUT2D eigenvalue weighted by Crippen LogP contribution is -2.23. The molecule has 1 heterocycles. The van der Waals surface area contributed by atoms with Crippen LogP contribution in [0.25, 0.3) is 10.4 Å². The molecule has 116 valence electrons. The first-order valence-corrected chi connectivity index (χ1v) is 8.21. The van der Waals surface area contributed by atoms with Gasteiger partial charge in [0.25, 0.3) is 5.91 Å². The van der Waals surface area contributed by atoms with Crippen LogP contribution in [0.5, 0.6) is 0 Å². The van der Waals surface area contributed by atoms with E-state index in [-0.39, 0.29) is 10.6 Å². The van der Waals surface area contributed by atoms with Crippen LogP contribution >= 0.6 is 22.9 Å². The molecule has 5 heteroatoms. The third kappa shape index (κ3) is 3.60. The van der Waals surface area contributed by atoms with Gasteiger partial charge in [0, 0.05) is 9.75 Å². The van der Waals surface area contributed by atoms with E-state index in [1.807, 2.05) is 42.5 Å². The van der Waals surface area contributed by atoms with Crippen LogP contribution in [0.2, 0.25) is 5.02 Å². The van der Waals surface area contributed by atoms with Crippen molar-refractivity contribution in [3.63, 3.8) is 0 Å². The highest BCUT2D eigenvalue weighted by Crippen LogP contribution is 2.28. The van der Waals surface area contributed by atoms with Crippen molar-refractivity contribution in [1.29, 1.82) is 0 Å². The maximum atomic E-state index is 13.7. The summed E-state index contributed by atoms with van der Waals surface area (Å²) in [6.45, 7) is 0.334. The van der Waals surface area contributed by atoms with Crippen molar-refractivity contribution >= 4 is 28.8 Å². The summed E-state index contributed by atoms with van der Waals surface area (Å²) in [7, 11) is 0. The van der Waals surface area contributed by atoms with E-state index in [1.165, 1.54) is 18.2 Å². The minimum atomic E-state index is -0.619. The Kier molecular flexibility index (Phi) is 4.74. The molecule has 0 bridgehead atoms. The molecule has 0 aliphatic heterocycles. The second-order valence-electron chi connectivity index (χ2n) is 4.91. The highest BCUT2D eigenvalue weighted by Gasteiger charge is 2.15. The predicted molar refractivity (Wildman–Crippen MR) is 92.3 cm³/mol. The van der Waals surface area contributed by atoms with Crippen molar-refractivity contribution in [2.24, 2.45) is 0 Å². The standard InChI is InChI=1S/C18H13ClFNOS/c19-14-7-4-8-15(20)17(14)18(22)21-11-13-9-10-16(23-13)12-5-2-1-3-6-12/h1-10H,11H2,(H,21,22). The third-order valence-electron chi connectivity index (χ3n) is 3.33. The summed E-state index contributed by atoms with van der Waals surface area (Å²) in [5.74, 6) is -1.13. The van der Waals surface area contributed by atoms with Gasteiger partial charge in [-0.25, -0.2) is 4.39 Å². The topological polar surface area (TPSA) is 29.1 Å². The smallest absolute Gasteiger partial charge is 0.256 e. The van der Waals surface area contributed by atoms with Crippen LogP contribution in [0, 0.1) is 5.82 Å². The second kappa shape index (κ2) is 6.94. The average Bonchev–Trinajstić information content (AvgIpc) is 3.02. The van der Waals surface area contributed by atoms with E-state index in [9.17, 15) is 9.18 Å². The van der Waals surface area contributed by atoms with Crippen molar-refractivity contribution in [1.82, 2.24) is 5.32 Å². The van der Waals surface area contributed by atoms with Gasteiger partial charge in [-0.1, -0.05) is 48.0 Å². The molecule has 0 saturated heterocycles. The molecule has 0 fully saturated rings. The van der Waals surface area contributed by atoms with Gasteiger partial charge in [-0.05, 0) is 29.8 Å². The van der Waals surface area contributed by atoms with Crippen LogP contribution in [-0.2, 0) is 6.54 Å². The summed E-state index contributed by atoms with van der Waals surface area (Å²) in [6.07, 6.45) is 0. The Balaban J connectivity index is 1.70. The normalized spacial score (nSPS) is 10.5. The van der Waals surface area contributed by atoms with Gasteiger partial charge in [0.2, 0.25) is 0 Å². The maximum absolute atomic E-state index is 13.7. The van der Waals surface area contributed by atoms with Crippen molar-refractivity contribution in [2.45, 2.75) is 6.54 Å². The fraction of sp³-hybridized carbons (Fsp3) is 0.0556. The maximum Gasteiger partial charge on any atom is 0.256 e. The van der Waals surface area contributed by atoms with Crippen molar-refractivity contribution in [2.75, 3.05) is 0 Å². The summed E-state index contributed by atoms with van der Waals surface area (Å²) in [4.78, 5) is 14.2. The molecule has 0 aliphatic rings. The Morgan fingerprint density at radius 3 is 2.57 bits per heavy atom. The van der Waals surface area contributed by atoms with E-state index in [1.54, 1.807) is 11.3 Å². The minimum absolute atomic E-state index is 0.110. The molecule has 23 heavy (non-hydrogen) atoms. The summed E-state index contributed by atoms with van der Waals surface area (Å²) in [5, 5.41) is 2.82. The molecule has 1 amide bonds. The number of carbonyl (C=O) groups excluding carboxylic acids is 1. The number of halogens is 2. The van der Waals surface area contributed by atoms with Crippen LogP contribution in [0.3, 0.4) is 0 Å². The fourth-order valence-electron chi connectivity index (χ4n) is 2.20. The highest BCUT2D eigenvalue weighted by molar-refractivity contribution is 7.15. The third-order valence-corrected chi connectivity index (χ3v) is 4.78. The first kappa shape index (κ1) is 15.7. The van der Waals surface area contributed by atoms with E-state index >= 15 is 0 Å². The molecule has 3 rings (SSSR count). The number of amides is 1. The highest BCUT2D eigenvalue weighted by atomic mass is 35.5. The molecule has 0 spiro atoms. The van der Waals surface area contributed by atoms with Gasteiger partial charge in [-0.15, -0.1) is 11.3 Å². The molecule has 3 aromatic rings. The van der Waals surface area contributed by atoms with Gasteiger partial charge >= 0.3 is 0 Å². The number of nitrogens with one attached hydrogen (secondary N) is 1. The molecule has 1 N–H and O–H groups in total. The zero-order valence-corrected chi connectivity index (χ0v) is 13.6. The average molecular weight is 346 g/mol. The van der Waals surface area contributed by atoms with Crippen molar-refractivity contribution < 1.29 is 9.18 Å². The molecule has 0 radical (unpaired) electrons. The molecule has 1 aromatic heterocycles. The zero-order valence-electron chi connectivity index (χ0n) is 12.1. The van der Waals surface area contributed by atoms with Gasteiger partial charge < -0.3 is 5.32 Å². The van der Waals surface area contributed by atoms with E-state index in [0.717, 1.165) is 15.3 Å². The van der Waals surface area contributed by atoms with Gasteiger partial charge in [-0.3, -0.25) is 4.79 Å². The van der Waals surface area contributed by atoms with Crippen molar-refractivity contribution in [3.05, 3.63) is 81.9 Å². The van der Waals surface area contributed by atoms with Gasteiger partial charge in [0.1, 0.15) is 5.82 Å². The number of benzene rings is 2. The Labute approximate surface area is 142 Å². The van der Waals surface area contributed by atoms with Gasteiger partial charge in [-0.2, -0.15) is 0 Å². The van der Waals surface area contributed by atoms with Gasteiger partial charge in [0.05, 0.1) is 17.1 Å². The number of hydrogen-bond acceptors (Lipinski definition) is 2. The SMILES string of the molecule is O=C(NCc1ccc(-c2ccccc2)s1)c1c(F)cccc1Cl. The quantitative estimate of drug-likeness (QED) is 0.697. The Morgan fingerprint density at radius 2 is 1.83 bits per heavy atom. The van der Waals surface area contributed by atoms with E-state index in [4.69, 9.17) is 11.6 Å². The second-order valence-corrected chi connectivity index (χ2v) is 6.49. The largest absolute Gasteiger partial charge is 0.347 e. The molecule has 2 nitrogen and oxygen atoms in total. The zero-order chi connectivity index (χ0) is 16.2. The Hall–Kier alpha value is -2.17. The van der Waals surface area contributed by atoms with Crippen LogP contribution in [0.1, 0.15) is 15.2 Å². The molecular weight excluding hydrogens is 333 g/mol. The predicted octanol–water partition coefficient (Wildman–Crippen LogP) is 5.14. The summed E-state index contributed by atoms with van der Waals surface area (Å²) >= 11 is 7.48. The van der Waals surface area contributed by atoms with Crippen LogP contribution in [0.15, 0.2) is 60.7 Å². The summed E-state index contributed by atoms with van der Waals surface area (Å²) in [6, 6.07) is 18.2. The lowest BCUT2D eigenvalue weighted by atomic mass is 10.2. The van der Waals surface area contributed by atoms with Crippen molar-refractivity contribution in [3.8, 4) is 10.4 Å². The fourth-order valence-corrected chi connectivity index (χ4v) is 3.40. The number of thiophene rings is 1. The monoisotopic (exact) mass is 345 g/mol. The lowest BCUT2D eigenvalue weighted by Gasteiger charge is -2.06.